The third-order valence-corrected chi connectivity index (χ3v) is 4.16. The third-order valence-electron chi connectivity index (χ3n) is 4.16. The van der Waals surface area contributed by atoms with Gasteiger partial charge in [-0.3, -0.25) is 0 Å². The summed E-state index contributed by atoms with van der Waals surface area (Å²) in [6, 6.07) is 10.9. The van der Waals surface area contributed by atoms with E-state index < -0.39 is 0 Å². The number of hydrogen-bond acceptors (Lipinski definition) is 3. The smallest absolute Gasteiger partial charge is 0.115 e. The molecule has 1 unspecified atom stereocenters. The molecule has 1 aromatic heterocycles. The minimum absolute atomic E-state index is 0.317. The minimum atomic E-state index is 0.317. The molecule has 3 nitrogen and oxygen atoms in total. The third kappa shape index (κ3) is 2.73. The SMILES string of the molecule is CNC(Cc1ncnc2c1CCCC2)c1ccccc1. The number of nitrogens with one attached hydrogen (secondary N) is 1. The van der Waals surface area contributed by atoms with E-state index in [1.165, 1.54) is 35.4 Å². The molecule has 20 heavy (non-hydrogen) atoms. The Morgan fingerprint density at radius 3 is 2.70 bits per heavy atom. The second kappa shape index (κ2) is 6.14. The molecular formula is C17H21N3. The largest absolute Gasteiger partial charge is 0.313 e. The molecule has 0 saturated carbocycles. The zero-order valence-electron chi connectivity index (χ0n) is 12.0. The first-order chi connectivity index (χ1) is 9.88. The Hall–Kier alpha value is -1.74. The van der Waals surface area contributed by atoms with Crippen LogP contribution in [0.2, 0.25) is 0 Å². The lowest BCUT2D eigenvalue weighted by Crippen LogP contribution is -2.21. The van der Waals surface area contributed by atoms with Gasteiger partial charge in [-0.25, -0.2) is 9.97 Å². The summed E-state index contributed by atoms with van der Waals surface area (Å²) in [7, 11) is 2.02. The molecule has 0 bridgehead atoms. The molecule has 0 saturated heterocycles. The van der Waals surface area contributed by atoms with Crippen molar-refractivity contribution in [3.05, 3.63) is 59.2 Å². The van der Waals surface area contributed by atoms with Gasteiger partial charge >= 0.3 is 0 Å². The molecule has 0 spiro atoms. The van der Waals surface area contributed by atoms with Gasteiger partial charge in [0.1, 0.15) is 6.33 Å². The molecule has 1 aliphatic carbocycles. The van der Waals surface area contributed by atoms with Gasteiger partial charge in [0.05, 0.1) is 0 Å². The van der Waals surface area contributed by atoms with Crippen molar-refractivity contribution in [3.8, 4) is 0 Å². The van der Waals surface area contributed by atoms with E-state index in [0.29, 0.717) is 6.04 Å². The molecule has 1 N–H and O–H groups in total. The molecule has 1 aromatic carbocycles. The Morgan fingerprint density at radius 1 is 1.10 bits per heavy atom. The summed E-state index contributed by atoms with van der Waals surface area (Å²) < 4.78 is 0. The number of fused-ring (bicyclic) bond motifs is 1. The first-order valence-corrected chi connectivity index (χ1v) is 7.42. The lowest BCUT2D eigenvalue weighted by atomic mass is 9.91. The maximum atomic E-state index is 4.55. The van der Waals surface area contributed by atoms with Crippen LogP contribution in [0.4, 0.5) is 0 Å². The van der Waals surface area contributed by atoms with Gasteiger partial charge < -0.3 is 5.32 Å². The van der Waals surface area contributed by atoms with Crippen molar-refractivity contribution in [1.29, 1.82) is 0 Å². The maximum absolute atomic E-state index is 4.55. The van der Waals surface area contributed by atoms with Crippen molar-refractivity contribution in [2.45, 2.75) is 38.1 Å². The number of rotatable bonds is 4. The summed E-state index contributed by atoms with van der Waals surface area (Å²) in [6.45, 7) is 0. The lowest BCUT2D eigenvalue weighted by molar-refractivity contribution is 0.569. The fraction of sp³-hybridized carbons (Fsp3) is 0.412. The minimum Gasteiger partial charge on any atom is -0.313 e. The van der Waals surface area contributed by atoms with Crippen LogP contribution in [0.15, 0.2) is 36.7 Å². The molecule has 0 radical (unpaired) electrons. The Bertz CT molecular complexity index is 566. The quantitative estimate of drug-likeness (QED) is 0.925. The average Bonchev–Trinajstić information content (AvgIpc) is 2.53. The monoisotopic (exact) mass is 267 g/mol. The van der Waals surface area contributed by atoms with Crippen molar-refractivity contribution in [2.75, 3.05) is 7.05 Å². The number of nitrogens with zero attached hydrogens (tertiary/aromatic N) is 2. The molecular weight excluding hydrogens is 246 g/mol. The molecule has 1 heterocycles. The molecule has 1 aliphatic rings. The number of aryl methyl sites for hydroxylation is 1. The fourth-order valence-corrected chi connectivity index (χ4v) is 3.03. The second-order valence-electron chi connectivity index (χ2n) is 5.41. The van der Waals surface area contributed by atoms with E-state index >= 15 is 0 Å². The first kappa shape index (κ1) is 13.3. The topological polar surface area (TPSA) is 37.8 Å². The van der Waals surface area contributed by atoms with Gasteiger partial charge in [0.2, 0.25) is 0 Å². The van der Waals surface area contributed by atoms with Crippen molar-refractivity contribution in [2.24, 2.45) is 0 Å². The van der Waals surface area contributed by atoms with E-state index in [-0.39, 0.29) is 0 Å². The Balaban J connectivity index is 1.87. The highest BCUT2D eigenvalue weighted by atomic mass is 14.9. The van der Waals surface area contributed by atoms with Crippen molar-refractivity contribution in [1.82, 2.24) is 15.3 Å². The highest BCUT2D eigenvalue weighted by molar-refractivity contribution is 5.29. The van der Waals surface area contributed by atoms with Gasteiger partial charge in [0.25, 0.3) is 0 Å². The van der Waals surface area contributed by atoms with E-state index in [1.54, 1.807) is 6.33 Å². The lowest BCUT2D eigenvalue weighted by Gasteiger charge is -2.21. The van der Waals surface area contributed by atoms with Gasteiger partial charge in [-0.1, -0.05) is 30.3 Å². The van der Waals surface area contributed by atoms with E-state index in [0.717, 1.165) is 19.3 Å². The van der Waals surface area contributed by atoms with Crippen LogP contribution in [0.5, 0.6) is 0 Å². The van der Waals surface area contributed by atoms with E-state index in [1.807, 2.05) is 7.05 Å². The molecule has 0 fully saturated rings. The van der Waals surface area contributed by atoms with Crippen LogP contribution >= 0.6 is 0 Å². The molecule has 0 aliphatic heterocycles. The first-order valence-electron chi connectivity index (χ1n) is 7.42. The second-order valence-corrected chi connectivity index (χ2v) is 5.41. The zero-order valence-corrected chi connectivity index (χ0v) is 12.0. The van der Waals surface area contributed by atoms with Gasteiger partial charge in [0.15, 0.2) is 0 Å². The van der Waals surface area contributed by atoms with Crippen LogP contribution in [-0.4, -0.2) is 17.0 Å². The summed E-state index contributed by atoms with van der Waals surface area (Å²) >= 11 is 0. The standard InChI is InChI=1S/C17H21N3/c1-18-16(13-7-3-2-4-8-13)11-17-14-9-5-6-10-15(14)19-12-20-17/h2-4,7-8,12,16,18H,5-6,9-11H2,1H3. The molecule has 1 atom stereocenters. The molecule has 2 aromatic rings. The van der Waals surface area contributed by atoms with Crippen molar-refractivity contribution in [3.63, 3.8) is 0 Å². The van der Waals surface area contributed by atoms with Crippen LogP contribution < -0.4 is 5.32 Å². The van der Waals surface area contributed by atoms with Crippen LogP contribution in [0.3, 0.4) is 0 Å². The Kier molecular flexibility index (Phi) is 4.07. The summed E-state index contributed by atoms with van der Waals surface area (Å²) in [6.07, 6.45) is 7.44. The summed E-state index contributed by atoms with van der Waals surface area (Å²) in [4.78, 5) is 9.01. The highest BCUT2D eigenvalue weighted by Crippen LogP contribution is 2.25. The van der Waals surface area contributed by atoms with Crippen molar-refractivity contribution >= 4 is 0 Å². The predicted molar refractivity (Wildman–Crippen MR) is 80.6 cm³/mol. The Morgan fingerprint density at radius 2 is 1.90 bits per heavy atom. The van der Waals surface area contributed by atoms with E-state index in [9.17, 15) is 0 Å². The summed E-state index contributed by atoms with van der Waals surface area (Å²) in [5.74, 6) is 0. The maximum Gasteiger partial charge on any atom is 0.115 e. The van der Waals surface area contributed by atoms with Gasteiger partial charge in [0, 0.05) is 23.9 Å². The Labute approximate surface area is 120 Å². The summed E-state index contributed by atoms with van der Waals surface area (Å²) in [5, 5.41) is 3.41. The molecule has 3 heteroatoms. The molecule has 104 valence electrons. The van der Waals surface area contributed by atoms with E-state index in [2.05, 4.69) is 45.6 Å². The molecule has 0 amide bonds. The number of aromatic nitrogens is 2. The zero-order chi connectivity index (χ0) is 13.8. The van der Waals surface area contributed by atoms with Crippen LogP contribution in [0.25, 0.3) is 0 Å². The number of likely N-dealkylation sites (N-methyl/N-ethyl adjacent to an activating group) is 1. The van der Waals surface area contributed by atoms with Crippen LogP contribution in [-0.2, 0) is 19.3 Å². The van der Waals surface area contributed by atoms with Gasteiger partial charge in [-0.2, -0.15) is 0 Å². The predicted octanol–water partition coefficient (Wildman–Crippen LogP) is 2.86. The normalized spacial score (nSPS) is 15.7. The number of hydrogen-bond donors (Lipinski definition) is 1. The van der Waals surface area contributed by atoms with Crippen LogP contribution in [0.1, 0.15) is 41.4 Å². The summed E-state index contributed by atoms with van der Waals surface area (Å²) in [5.41, 5.74) is 5.20. The van der Waals surface area contributed by atoms with Crippen LogP contribution in [0, 0.1) is 0 Å². The molecule has 3 rings (SSSR count). The number of benzene rings is 1. The highest BCUT2D eigenvalue weighted by Gasteiger charge is 2.18. The average molecular weight is 267 g/mol. The fourth-order valence-electron chi connectivity index (χ4n) is 3.03. The van der Waals surface area contributed by atoms with Crippen molar-refractivity contribution < 1.29 is 0 Å². The van der Waals surface area contributed by atoms with Gasteiger partial charge in [-0.05, 0) is 43.9 Å². The van der Waals surface area contributed by atoms with Gasteiger partial charge in [-0.15, -0.1) is 0 Å². The van der Waals surface area contributed by atoms with E-state index in [4.69, 9.17) is 0 Å².